The average Bonchev–Trinajstić information content (AvgIpc) is 2.73. The minimum Gasteiger partial charge on any atom is -0.368 e. The van der Waals surface area contributed by atoms with Crippen molar-refractivity contribution in [3.05, 3.63) is 24.3 Å². The van der Waals surface area contributed by atoms with Gasteiger partial charge in [-0.15, -0.1) is 0 Å². The van der Waals surface area contributed by atoms with Crippen LogP contribution in [0.5, 0.6) is 0 Å². The third-order valence-electron chi connectivity index (χ3n) is 3.04. The first kappa shape index (κ1) is 14.8. The zero-order chi connectivity index (χ0) is 14.8. The maximum atomic E-state index is 12.0. The Morgan fingerprint density at radius 3 is 2.70 bits per heavy atom. The smallest absolute Gasteiger partial charge is 0.296 e. The Kier molecular flexibility index (Phi) is 4.26. The fraction of sp³-hybridized carbons (Fsp3) is 0.417. The summed E-state index contributed by atoms with van der Waals surface area (Å²) >= 11 is 0. The van der Waals surface area contributed by atoms with E-state index >= 15 is 0 Å². The van der Waals surface area contributed by atoms with Gasteiger partial charge in [-0.2, -0.15) is 8.42 Å². The largest absolute Gasteiger partial charge is 0.368 e. The van der Waals surface area contributed by atoms with E-state index in [1.807, 2.05) is 6.92 Å². The van der Waals surface area contributed by atoms with E-state index in [0.29, 0.717) is 12.3 Å². The van der Waals surface area contributed by atoms with E-state index in [4.69, 9.17) is 9.88 Å². The van der Waals surface area contributed by atoms with Crippen molar-refractivity contribution >= 4 is 27.5 Å². The lowest BCUT2D eigenvalue weighted by Crippen LogP contribution is -2.31. The van der Waals surface area contributed by atoms with Gasteiger partial charge in [0.25, 0.3) is 16.1 Å². The second-order valence-electron chi connectivity index (χ2n) is 4.77. The molecule has 1 aliphatic heterocycles. The van der Waals surface area contributed by atoms with E-state index in [1.165, 1.54) is 12.1 Å². The van der Waals surface area contributed by atoms with Crippen molar-refractivity contribution in [2.75, 3.05) is 16.6 Å². The van der Waals surface area contributed by atoms with Gasteiger partial charge in [0, 0.05) is 12.3 Å². The third kappa shape index (κ3) is 3.92. The van der Waals surface area contributed by atoms with Crippen LogP contribution in [-0.2, 0) is 19.7 Å². The molecule has 0 spiro atoms. The standard InChI is InChI=1S/C12H17N3O4S/c1-8-5-6-19-11(8)12(16)14-9-3-2-4-10(7-9)15-20(13,17)18/h2-4,7-8,11,15H,5-6H2,1H3,(H,14,16)(H2,13,17,18). The number of carbonyl (C=O) groups excluding carboxylic acids is 1. The number of hydrogen-bond donors (Lipinski definition) is 3. The molecule has 0 bridgehead atoms. The van der Waals surface area contributed by atoms with Crippen molar-refractivity contribution < 1.29 is 17.9 Å². The van der Waals surface area contributed by atoms with Crippen molar-refractivity contribution in [1.82, 2.24) is 0 Å². The zero-order valence-corrected chi connectivity index (χ0v) is 11.8. The highest BCUT2D eigenvalue weighted by atomic mass is 32.2. The van der Waals surface area contributed by atoms with Crippen LogP contribution in [0, 0.1) is 5.92 Å². The number of nitrogens with two attached hydrogens (primary N) is 1. The first-order valence-corrected chi connectivity index (χ1v) is 7.73. The lowest BCUT2D eigenvalue weighted by molar-refractivity contribution is -0.126. The topological polar surface area (TPSA) is 111 Å². The van der Waals surface area contributed by atoms with E-state index in [1.54, 1.807) is 12.1 Å². The van der Waals surface area contributed by atoms with E-state index in [0.717, 1.165) is 6.42 Å². The van der Waals surface area contributed by atoms with Gasteiger partial charge in [0.05, 0.1) is 5.69 Å². The van der Waals surface area contributed by atoms with Gasteiger partial charge >= 0.3 is 0 Å². The van der Waals surface area contributed by atoms with Crippen molar-refractivity contribution in [3.63, 3.8) is 0 Å². The average molecular weight is 299 g/mol. The molecule has 1 fully saturated rings. The lowest BCUT2D eigenvalue weighted by Gasteiger charge is -2.15. The summed E-state index contributed by atoms with van der Waals surface area (Å²) in [6, 6.07) is 6.30. The molecule has 20 heavy (non-hydrogen) atoms. The number of anilines is 2. The Labute approximate surface area is 117 Å². The van der Waals surface area contributed by atoms with E-state index < -0.39 is 16.3 Å². The van der Waals surface area contributed by atoms with Crippen LogP contribution in [0.25, 0.3) is 0 Å². The summed E-state index contributed by atoms with van der Waals surface area (Å²) in [7, 11) is -3.83. The van der Waals surface area contributed by atoms with Crippen LogP contribution in [-0.4, -0.2) is 27.0 Å². The Bertz CT molecular complexity index is 602. The predicted molar refractivity (Wildman–Crippen MR) is 75.3 cm³/mol. The summed E-state index contributed by atoms with van der Waals surface area (Å²) in [5.74, 6) is -0.0662. The molecule has 1 aromatic carbocycles. The van der Waals surface area contributed by atoms with Crippen molar-refractivity contribution in [2.45, 2.75) is 19.4 Å². The van der Waals surface area contributed by atoms with Crippen LogP contribution in [0.2, 0.25) is 0 Å². The summed E-state index contributed by atoms with van der Waals surface area (Å²) in [6.45, 7) is 2.53. The number of nitrogens with one attached hydrogen (secondary N) is 2. The molecule has 1 saturated heterocycles. The minimum atomic E-state index is -3.83. The first-order chi connectivity index (χ1) is 9.35. The molecule has 4 N–H and O–H groups in total. The molecule has 1 heterocycles. The maximum Gasteiger partial charge on any atom is 0.296 e. The molecule has 110 valence electrons. The zero-order valence-electron chi connectivity index (χ0n) is 11.0. The van der Waals surface area contributed by atoms with Gasteiger partial charge in [0.15, 0.2) is 0 Å². The van der Waals surface area contributed by atoms with Crippen molar-refractivity contribution in [3.8, 4) is 0 Å². The molecule has 0 saturated carbocycles. The summed E-state index contributed by atoms with van der Waals surface area (Å²) in [4.78, 5) is 12.0. The molecule has 1 aliphatic rings. The van der Waals surface area contributed by atoms with Crippen molar-refractivity contribution in [1.29, 1.82) is 0 Å². The second kappa shape index (κ2) is 5.78. The summed E-state index contributed by atoms with van der Waals surface area (Å²) < 4.78 is 29.4. The van der Waals surface area contributed by atoms with Crippen molar-refractivity contribution in [2.24, 2.45) is 11.1 Å². The molecular weight excluding hydrogens is 282 g/mol. The SMILES string of the molecule is CC1CCOC1C(=O)Nc1cccc(NS(N)(=O)=O)c1. The van der Waals surface area contributed by atoms with Gasteiger partial charge in [-0.05, 0) is 30.5 Å². The number of amides is 1. The van der Waals surface area contributed by atoms with Gasteiger partial charge in [-0.3, -0.25) is 9.52 Å². The van der Waals surface area contributed by atoms with Gasteiger partial charge in [-0.1, -0.05) is 13.0 Å². The van der Waals surface area contributed by atoms with Gasteiger partial charge in [0.1, 0.15) is 6.10 Å². The monoisotopic (exact) mass is 299 g/mol. The molecule has 0 aromatic heterocycles. The third-order valence-corrected chi connectivity index (χ3v) is 3.56. The van der Waals surface area contributed by atoms with Crippen LogP contribution >= 0.6 is 0 Å². The number of ether oxygens (including phenoxy) is 1. The molecular formula is C12H17N3O4S. The highest BCUT2D eigenvalue weighted by Crippen LogP contribution is 2.22. The first-order valence-electron chi connectivity index (χ1n) is 6.18. The van der Waals surface area contributed by atoms with E-state index in [2.05, 4.69) is 10.0 Å². The van der Waals surface area contributed by atoms with E-state index in [-0.39, 0.29) is 17.5 Å². The predicted octanol–water partition coefficient (Wildman–Crippen LogP) is 0.665. The number of benzene rings is 1. The quantitative estimate of drug-likeness (QED) is 0.758. The highest BCUT2D eigenvalue weighted by Gasteiger charge is 2.30. The fourth-order valence-corrected chi connectivity index (χ4v) is 2.52. The fourth-order valence-electron chi connectivity index (χ4n) is 2.07. The van der Waals surface area contributed by atoms with E-state index in [9.17, 15) is 13.2 Å². The molecule has 0 aliphatic carbocycles. The van der Waals surface area contributed by atoms with Crippen LogP contribution in [0.15, 0.2) is 24.3 Å². The van der Waals surface area contributed by atoms with Gasteiger partial charge in [-0.25, -0.2) is 5.14 Å². The van der Waals surface area contributed by atoms with Crippen LogP contribution in [0.3, 0.4) is 0 Å². The highest BCUT2D eigenvalue weighted by molar-refractivity contribution is 7.90. The van der Waals surface area contributed by atoms with Crippen LogP contribution < -0.4 is 15.2 Å². The molecule has 0 radical (unpaired) electrons. The molecule has 8 heteroatoms. The normalized spacial score (nSPS) is 22.5. The molecule has 2 rings (SSSR count). The molecule has 2 unspecified atom stereocenters. The number of rotatable bonds is 4. The molecule has 7 nitrogen and oxygen atoms in total. The van der Waals surface area contributed by atoms with Crippen LogP contribution in [0.4, 0.5) is 11.4 Å². The summed E-state index contributed by atoms with van der Waals surface area (Å²) in [5.41, 5.74) is 0.761. The van der Waals surface area contributed by atoms with Gasteiger partial charge in [0.2, 0.25) is 0 Å². The Hall–Kier alpha value is -1.64. The molecule has 2 atom stereocenters. The number of carbonyl (C=O) groups is 1. The van der Waals surface area contributed by atoms with Gasteiger partial charge < -0.3 is 10.1 Å². The molecule has 1 amide bonds. The Balaban J connectivity index is 2.06. The summed E-state index contributed by atoms with van der Waals surface area (Å²) in [6.07, 6.45) is 0.385. The maximum absolute atomic E-state index is 12.0. The second-order valence-corrected chi connectivity index (χ2v) is 6.07. The Morgan fingerprint density at radius 2 is 2.10 bits per heavy atom. The minimum absolute atomic E-state index is 0.167. The number of hydrogen-bond acceptors (Lipinski definition) is 4. The van der Waals surface area contributed by atoms with Crippen LogP contribution in [0.1, 0.15) is 13.3 Å². The summed E-state index contributed by atoms with van der Waals surface area (Å²) in [5, 5.41) is 7.59. The Morgan fingerprint density at radius 1 is 1.40 bits per heavy atom. The lowest BCUT2D eigenvalue weighted by atomic mass is 10.0. The molecule has 1 aromatic rings.